The molecule has 6 heteroatoms. The van der Waals surface area contributed by atoms with Gasteiger partial charge in [-0.05, 0) is 62.5 Å². The largest absolute Gasteiger partial charge is 0.359 e. The summed E-state index contributed by atoms with van der Waals surface area (Å²) < 4.78 is 0. The summed E-state index contributed by atoms with van der Waals surface area (Å²) in [5, 5.41) is 14.4. The van der Waals surface area contributed by atoms with Crippen LogP contribution in [0.1, 0.15) is 37.7 Å². The maximum absolute atomic E-state index is 4.51. The molecule has 0 bridgehead atoms. The standard InChI is InChI=1S/C21H27N5S/c1-15-13-17-14-16(5-6-19(17)22-15)20-23-24-21(27-20)26-11-7-18(8-12-26)25-9-3-2-4-10-25/h5-6,14,18,22H,1-4,7-13H2. The van der Waals surface area contributed by atoms with E-state index < -0.39 is 0 Å². The Hall–Kier alpha value is -1.92. The second-order valence-corrected chi connectivity index (χ2v) is 8.94. The number of nitrogens with zero attached hydrogens (tertiary/aromatic N) is 4. The fourth-order valence-electron chi connectivity index (χ4n) is 4.63. The SMILES string of the molecule is C=C1Cc2cc(-c3nnc(N4CCC(N5CCCCC5)CC4)s3)ccc2N1. The molecule has 0 atom stereocenters. The number of fused-ring (bicyclic) bond motifs is 1. The Balaban J connectivity index is 1.25. The Morgan fingerprint density at radius 3 is 2.67 bits per heavy atom. The molecule has 1 aromatic heterocycles. The molecule has 0 radical (unpaired) electrons. The normalized spacial score (nSPS) is 21.3. The molecule has 1 N–H and O–H groups in total. The average Bonchev–Trinajstić information content (AvgIpc) is 3.34. The van der Waals surface area contributed by atoms with Crippen molar-refractivity contribution in [3.05, 3.63) is 36.0 Å². The number of rotatable bonds is 3. The van der Waals surface area contributed by atoms with Gasteiger partial charge in [0.15, 0.2) is 0 Å². The van der Waals surface area contributed by atoms with Crippen molar-refractivity contribution < 1.29 is 0 Å². The summed E-state index contributed by atoms with van der Waals surface area (Å²) in [6.45, 7) is 8.83. The van der Waals surface area contributed by atoms with Gasteiger partial charge in [0.1, 0.15) is 5.01 Å². The molecule has 0 unspecified atom stereocenters. The molecule has 1 aromatic carbocycles. The minimum atomic E-state index is 0.770. The van der Waals surface area contributed by atoms with Gasteiger partial charge in [0, 0.05) is 42.5 Å². The second kappa shape index (κ2) is 7.24. The molecule has 2 aromatic rings. The summed E-state index contributed by atoms with van der Waals surface area (Å²) in [6.07, 6.45) is 7.57. The number of hydrogen-bond acceptors (Lipinski definition) is 6. The summed E-state index contributed by atoms with van der Waals surface area (Å²) >= 11 is 1.72. The predicted molar refractivity (Wildman–Crippen MR) is 112 cm³/mol. The van der Waals surface area contributed by atoms with Gasteiger partial charge in [-0.25, -0.2) is 0 Å². The first-order valence-corrected chi connectivity index (χ1v) is 11.0. The van der Waals surface area contributed by atoms with Gasteiger partial charge in [-0.15, -0.1) is 10.2 Å². The van der Waals surface area contributed by atoms with Crippen molar-refractivity contribution in [2.45, 2.75) is 44.6 Å². The zero-order chi connectivity index (χ0) is 18.2. The minimum Gasteiger partial charge on any atom is -0.359 e. The van der Waals surface area contributed by atoms with E-state index >= 15 is 0 Å². The van der Waals surface area contributed by atoms with E-state index in [-0.39, 0.29) is 0 Å². The van der Waals surface area contributed by atoms with Gasteiger partial charge in [0.25, 0.3) is 0 Å². The number of anilines is 2. The minimum absolute atomic E-state index is 0.770. The molecular formula is C21H27N5S. The van der Waals surface area contributed by atoms with Crippen LogP contribution in [0.2, 0.25) is 0 Å². The van der Waals surface area contributed by atoms with E-state index in [1.54, 1.807) is 11.3 Å². The molecule has 3 aliphatic rings. The zero-order valence-corrected chi connectivity index (χ0v) is 16.6. The van der Waals surface area contributed by atoms with Crippen LogP contribution in [0.4, 0.5) is 10.8 Å². The molecule has 5 rings (SSSR count). The summed E-state index contributed by atoms with van der Waals surface area (Å²) in [7, 11) is 0. The lowest BCUT2D eigenvalue weighted by Gasteiger charge is -2.40. The van der Waals surface area contributed by atoms with Crippen LogP contribution in [0.3, 0.4) is 0 Å². The predicted octanol–water partition coefficient (Wildman–Crippen LogP) is 4.14. The number of nitrogens with one attached hydrogen (secondary N) is 1. The van der Waals surface area contributed by atoms with Crippen molar-refractivity contribution in [3.63, 3.8) is 0 Å². The zero-order valence-electron chi connectivity index (χ0n) is 15.8. The Bertz CT molecular complexity index is 831. The number of aromatic nitrogens is 2. The van der Waals surface area contributed by atoms with Crippen LogP contribution in [0, 0.1) is 0 Å². The Kier molecular flexibility index (Phi) is 4.61. The van der Waals surface area contributed by atoms with Crippen LogP contribution in [-0.2, 0) is 6.42 Å². The van der Waals surface area contributed by atoms with Crippen LogP contribution < -0.4 is 10.2 Å². The van der Waals surface area contributed by atoms with E-state index in [1.165, 1.54) is 56.4 Å². The molecule has 27 heavy (non-hydrogen) atoms. The van der Waals surface area contributed by atoms with Crippen molar-refractivity contribution in [1.82, 2.24) is 15.1 Å². The number of likely N-dealkylation sites (tertiary alicyclic amines) is 1. The highest BCUT2D eigenvalue weighted by Gasteiger charge is 2.27. The van der Waals surface area contributed by atoms with E-state index in [2.05, 4.69) is 50.1 Å². The lowest BCUT2D eigenvalue weighted by atomic mass is 10.0. The molecule has 4 heterocycles. The van der Waals surface area contributed by atoms with Crippen LogP contribution in [0.5, 0.6) is 0 Å². The second-order valence-electron chi connectivity index (χ2n) is 7.98. The highest BCUT2D eigenvalue weighted by molar-refractivity contribution is 7.18. The van der Waals surface area contributed by atoms with Gasteiger partial charge in [-0.2, -0.15) is 0 Å². The smallest absolute Gasteiger partial charge is 0.208 e. The van der Waals surface area contributed by atoms with Crippen LogP contribution in [-0.4, -0.2) is 47.3 Å². The maximum atomic E-state index is 4.51. The molecular weight excluding hydrogens is 354 g/mol. The molecule has 3 aliphatic heterocycles. The van der Waals surface area contributed by atoms with Gasteiger partial charge >= 0.3 is 0 Å². The third kappa shape index (κ3) is 3.48. The van der Waals surface area contributed by atoms with Gasteiger partial charge in [0.2, 0.25) is 5.13 Å². The third-order valence-electron chi connectivity index (χ3n) is 6.12. The van der Waals surface area contributed by atoms with Gasteiger partial charge in [-0.1, -0.05) is 24.3 Å². The van der Waals surface area contributed by atoms with Crippen LogP contribution in [0.25, 0.3) is 10.6 Å². The number of hydrogen-bond donors (Lipinski definition) is 1. The highest BCUT2D eigenvalue weighted by atomic mass is 32.1. The molecule has 2 saturated heterocycles. The quantitative estimate of drug-likeness (QED) is 0.866. The van der Waals surface area contributed by atoms with E-state index in [1.807, 2.05) is 0 Å². The molecule has 0 saturated carbocycles. The van der Waals surface area contributed by atoms with Crippen molar-refractivity contribution in [2.75, 3.05) is 36.4 Å². The Labute approximate surface area is 165 Å². The molecule has 2 fully saturated rings. The molecule has 0 spiro atoms. The van der Waals surface area contributed by atoms with E-state index in [0.29, 0.717) is 0 Å². The van der Waals surface area contributed by atoms with Gasteiger partial charge in [-0.3, -0.25) is 0 Å². The Morgan fingerprint density at radius 1 is 1.04 bits per heavy atom. The summed E-state index contributed by atoms with van der Waals surface area (Å²) in [4.78, 5) is 5.15. The first kappa shape index (κ1) is 17.2. The van der Waals surface area contributed by atoms with Gasteiger partial charge in [0.05, 0.1) is 0 Å². The lowest BCUT2D eigenvalue weighted by molar-refractivity contribution is 0.141. The fourth-order valence-corrected chi connectivity index (χ4v) is 5.52. The molecule has 0 amide bonds. The summed E-state index contributed by atoms with van der Waals surface area (Å²) in [5.41, 5.74) is 4.71. The van der Waals surface area contributed by atoms with Crippen LogP contribution >= 0.6 is 11.3 Å². The molecule has 5 nitrogen and oxygen atoms in total. The fraction of sp³-hybridized carbons (Fsp3) is 0.524. The maximum Gasteiger partial charge on any atom is 0.208 e. The van der Waals surface area contributed by atoms with Crippen molar-refractivity contribution in [3.8, 4) is 10.6 Å². The summed E-state index contributed by atoms with van der Waals surface area (Å²) in [6, 6.07) is 7.27. The number of allylic oxidation sites excluding steroid dienone is 1. The van der Waals surface area contributed by atoms with Gasteiger partial charge < -0.3 is 15.1 Å². The third-order valence-corrected chi connectivity index (χ3v) is 7.16. The average molecular weight is 382 g/mol. The lowest BCUT2D eigenvalue weighted by Crippen LogP contribution is -2.46. The molecule has 142 valence electrons. The van der Waals surface area contributed by atoms with Crippen molar-refractivity contribution >= 4 is 22.2 Å². The first-order valence-electron chi connectivity index (χ1n) is 10.2. The van der Waals surface area contributed by atoms with Crippen molar-refractivity contribution in [1.29, 1.82) is 0 Å². The number of benzene rings is 1. The van der Waals surface area contributed by atoms with E-state index in [9.17, 15) is 0 Å². The monoisotopic (exact) mass is 381 g/mol. The highest BCUT2D eigenvalue weighted by Crippen LogP contribution is 2.35. The van der Waals surface area contributed by atoms with Crippen LogP contribution in [0.15, 0.2) is 30.5 Å². The first-order chi connectivity index (χ1) is 13.3. The number of piperidine rings is 2. The van der Waals surface area contributed by atoms with Crippen molar-refractivity contribution in [2.24, 2.45) is 0 Å². The topological polar surface area (TPSA) is 44.3 Å². The Morgan fingerprint density at radius 2 is 1.85 bits per heavy atom. The molecule has 0 aliphatic carbocycles. The summed E-state index contributed by atoms with van der Waals surface area (Å²) in [5.74, 6) is 0. The van der Waals surface area contributed by atoms with E-state index in [0.717, 1.165) is 47.0 Å². The van der Waals surface area contributed by atoms with E-state index in [4.69, 9.17) is 0 Å².